The molecule has 0 amide bonds. The topological polar surface area (TPSA) is 25.2 Å². The Kier molecular flexibility index (Phi) is 3.51. The maximum Gasteiger partial charge on any atom is 0.418 e. The minimum atomic E-state index is -4.64. The van der Waals surface area contributed by atoms with E-state index >= 15 is 0 Å². The van der Waals surface area contributed by atoms with E-state index in [9.17, 15) is 18.3 Å². The summed E-state index contributed by atoms with van der Waals surface area (Å²) in [5.41, 5.74) is 0.918. The number of benzene rings is 1. The fourth-order valence-electron chi connectivity index (χ4n) is 2.26. The zero-order chi connectivity index (χ0) is 15.0. The Morgan fingerprint density at radius 2 is 1.95 bits per heavy atom. The molecule has 0 fully saturated rings. The number of aliphatic hydroxyl groups is 1. The number of halogens is 3. The highest BCUT2D eigenvalue weighted by atomic mass is 32.1. The van der Waals surface area contributed by atoms with Gasteiger partial charge in [0.05, 0.1) is 0 Å². The van der Waals surface area contributed by atoms with Crippen LogP contribution in [0.4, 0.5) is 13.2 Å². The lowest BCUT2D eigenvalue weighted by molar-refractivity contribution is -0.206. The Hall–Kier alpha value is -1.79. The van der Waals surface area contributed by atoms with E-state index in [-0.39, 0.29) is 5.56 Å². The van der Waals surface area contributed by atoms with Crippen molar-refractivity contribution in [1.29, 1.82) is 0 Å². The minimum Gasteiger partial charge on any atom is -0.379 e. The lowest BCUT2D eigenvalue weighted by Crippen LogP contribution is -2.19. The summed E-state index contributed by atoms with van der Waals surface area (Å²) in [5.74, 6) is 0. The molecule has 0 radical (unpaired) electrons. The Labute approximate surface area is 123 Å². The van der Waals surface area contributed by atoms with Crippen LogP contribution >= 0.6 is 11.3 Å². The molecule has 110 valence electrons. The third-order valence-electron chi connectivity index (χ3n) is 3.31. The first-order valence-corrected chi connectivity index (χ1v) is 7.18. The van der Waals surface area contributed by atoms with Gasteiger partial charge in [0.1, 0.15) is 0 Å². The highest BCUT2D eigenvalue weighted by Gasteiger charge is 2.39. The maximum absolute atomic E-state index is 12.5. The number of fused-ring (bicyclic) bond motifs is 1. The lowest BCUT2D eigenvalue weighted by Gasteiger charge is -2.12. The second-order valence-electron chi connectivity index (χ2n) is 4.82. The Balaban J connectivity index is 1.85. The molecule has 0 aliphatic carbocycles. The summed E-state index contributed by atoms with van der Waals surface area (Å²) in [4.78, 5) is 0. The molecule has 3 aromatic rings. The summed E-state index contributed by atoms with van der Waals surface area (Å²) in [5, 5.41) is 12.3. The molecule has 0 saturated heterocycles. The van der Waals surface area contributed by atoms with Crippen LogP contribution in [0.25, 0.3) is 10.1 Å². The van der Waals surface area contributed by atoms with Crippen LogP contribution in [0.5, 0.6) is 0 Å². The van der Waals surface area contributed by atoms with Gasteiger partial charge in [-0.3, -0.25) is 0 Å². The lowest BCUT2D eigenvalue weighted by atomic mass is 10.2. The smallest absolute Gasteiger partial charge is 0.379 e. The first-order chi connectivity index (χ1) is 9.95. The summed E-state index contributed by atoms with van der Waals surface area (Å²) in [6, 6.07) is 9.20. The van der Waals surface area contributed by atoms with Gasteiger partial charge in [-0.05, 0) is 28.5 Å². The molecule has 3 rings (SSSR count). The van der Waals surface area contributed by atoms with Crippen molar-refractivity contribution in [3.63, 3.8) is 0 Å². The fraction of sp³-hybridized carbons (Fsp3) is 0.200. The quantitative estimate of drug-likeness (QED) is 0.764. The number of rotatable bonds is 3. The highest BCUT2D eigenvalue weighted by Crippen LogP contribution is 2.33. The van der Waals surface area contributed by atoms with Crippen LogP contribution in [0.1, 0.15) is 17.2 Å². The predicted octanol–water partition coefficient (Wildman–Crippen LogP) is 4.35. The summed E-state index contributed by atoms with van der Waals surface area (Å²) in [6.07, 6.45) is -4.18. The summed E-state index contributed by atoms with van der Waals surface area (Å²) >= 11 is 1.61. The molecule has 2 heterocycles. The number of nitrogens with zero attached hydrogens (tertiary/aromatic N) is 1. The van der Waals surface area contributed by atoms with Gasteiger partial charge in [-0.1, -0.05) is 18.2 Å². The van der Waals surface area contributed by atoms with Crippen LogP contribution in [-0.2, 0) is 6.54 Å². The molecule has 1 atom stereocenters. The van der Waals surface area contributed by atoms with Crippen molar-refractivity contribution in [2.75, 3.05) is 0 Å². The molecule has 1 aromatic carbocycles. The Bertz CT molecular complexity index is 759. The van der Waals surface area contributed by atoms with Crippen LogP contribution in [0.3, 0.4) is 0 Å². The van der Waals surface area contributed by atoms with E-state index in [4.69, 9.17) is 0 Å². The number of alkyl halides is 3. The number of hydrogen-bond donors (Lipinski definition) is 1. The van der Waals surface area contributed by atoms with Gasteiger partial charge in [0, 0.05) is 29.2 Å². The van der Waals surface area contributed by atoms with Crippen molar-refractivity contribution in [3.8, 4) is 0 Å². The van der Waals surface area contributed by atoms with E-state index in [1.165, 1.54) is 12.3 Å². The van der Waals surface area contributed by atoms with E-state index < -0.39 is 12.3 Å². The molecule has 21 heavy (non-hydrogen) atoms. The van der Waals surface area contributed by atoms with Gasteiger partial charge in [-0.25, -0.2) is 0 Å². The fourth-order valence-corrected chi connectivity index (χ4v) is 3.21. The van der Waals surface area contributed by atoms with Crippen LogP contribution in [-0.4, -0.2) is 15.8 Å². The van der Waals surface area contributed by atoms with Crippen molar-refractivity contribution in [3.05, 3.63) is 59.2 Å². The summed E-state index contributed by atoms with van der Waals surface area (Å²) < 4.78 is 40.2. The zero-order valence-electron chi connectivity index (χ0n) is 10.8. The van der Waals surface area contributed by atoms with Crippen molar-refractivity contribution in [2.24, 2.45) is 0 Å². The van der Waals surface area contributed by atoms with Crippen molar-refractivity contribution in [2.45, 2.75) is 18.8 Å². The number of aliphatic hydroxyl groups excluding tert-OH is 1. The second-order valence-corrected chi connectivity index (χ2v) is 5.73. The second kappa shape index (κ2) is 5.20. The van der Waals surface area contributed by atoms with E-state index in [2.05, 4.69) is 0 Å². The van der Waals surface area contributed by atoms with Crippen LogP contribution in [0.15, 0.2) is 48.1 Å². The molecular formula is C15H12F3NOS. The maximum atomic E-state index is 12.5. The molecule has 2 nitrogen and oxygen atoms in total. The average molecular weight is 311 g/mol. The largest absolute Gasteiger partial charge is 0.418 e. The average Bonchev–Trinajstić information content (AvgIpc) is 3.05. The van der Waals surface area contributed by atoms with Gasteiger partial charge in [-0.15, -0.1) is 11.3 Å². The molecule has 0 bridgehead atoms. The molecule has 6 heteroatoms. The van der Waals surface area contributed by atoms with Crippen LogP contribution in [0.2, 0.25) is 0 Å². The third kappa shape index (κ3) is 2.82. The first-order valence-electron chi connectivity index (χ1n) is 6.31. The van der Waals surface area contributed by atoms with Crippen molar-refractivity contribution >= 4 is 21.4 Å². The van der Waals surface area contributed by atoms with Gasteiger partial charge >= 0.3 is 6.18 Å². The van der Waals surface area contributed by atoms with Crippen molar-refractivity contribution in [1.82, 2.24) is 4.57 Å². The predicted molar refractivity (Wildman–Crippen MR) is 76.4 cm³/mol. The third-order valence-corrected chi connectivity index (χ3v) is 4.33. The van der Waals surface area contributed by atoms with Crippen molar-refractivity contribution < 1.29 is 18.3 Å². The van der Waals surface area contributed by atoms with E-state index in [0.29, 0.717) is 6.54 Å². The summed E-state index contributed by atoms with van der Waals surface area (Å²) in [6.45, 7) is 0.481. The number of aromatic nitrogens is 1. The molecule has 2 aromatic heterocycles. The van der Waals surface area contributed by atoms with Crippen LogP contribution in [0, 0.1) is 0 Å². The SMILES string of the molecule is OC(c1ccn(Cc2csc3ccccc23)c1)C(F)(F)F. The molecule has 1 N–H and O–H groups in total. The molecule has 0 aliphatic rings. The Morgan fingerprint density at radius 1 is 1.19 bits per heavy atom. The highest BCUT2D eigenvalue weighted by molar-refractivity contribution is 7.17. The monoisotopic (exact) mass is 311 g/mol. The summed E-state index contributed by atoms with van der Waals surface area (Å²) in [7, 11) is 0. The Morgan fingerprint density at radius 3 is 2.71 bits per heavy atom. The normalized spacial score (nSPS) is 13.7. The number of hydrogen-bond acceptors (Lipinski definition) is 2. The van der Waals surface area contributed by atoms with Gasteiger partial charge in [0.15, 0.2) is 6.10 Å². The van der Waals surface area contributed by atoms with Crippen LogP contribution < -0.4 is 0 Å². The standard InChI is InChI=1S/C15H12F3NOS/c16-15(17,18)14(20)10-5-6-19(7-10)8-11-9-21-13-4-2-1-3-12(11)13/h1-7,9,14,20H,8H2. The molecular weight excluding hydrogens is 299 g/mol. The molecule has 0 spiro atoms. The minimum absolute atomic E-state index is 0.137. The molecule has 0 saturated carbocycles. The number of thiophene rings is 1. The molecule has 1 unspecified atom stereocenters. The van der Waals surface area contributed by atoms with Gasteiger partial charge in [0.2, 0.25) is 0 Å². The van der Waals surface area contributed by atoms with Gasteiger partial charge in [-0.2, -0.15) is 13.2 Å². The zero-order valence-corrected chi connectivity index (χ0v) is 11.7. The van der Waals surface area contributed by atoms with E-state index in [1.54, 1.807) is 22.1 Å². The van der Waals surface area contributed by atoms with Gasteiger partial charge < -0.3 is 9.67 Å². The van der Waals surface area contributed by atoms with E-state index in [0.717, 1.165) is 15.6 Å². The van der Waals surface area contributed by atoms with E-state index in [1.807, 2.05) is 29.6 Å². The first kappa shape index (κ1) is 14.2. The molecule has 0 aliphatic heterocycles. The van der Waals surface area contributed by atoms with Gasteiger partial charge in [0.25, 0.3) is 0 Å².